The molecule has 21 nitrogen and oxygen atoms in total. The predicted octanol–water partition coefficient (Wildman–Crippen LogP) is 12.3. The van der Waals surface area contributed by atoms with Crippen molar-refractivity contribution in [3.63, 3.8) is 0 Å². The molecule has 87 heavy (non-hydrogen) atoms. The molecule has 21 heteroatoms. The summed E-state index contributed by atoms with van der Waals surface area (Å²) in [6, 6.07) is 30.6. The summed E-state index contributed by atoms with van der Waals surface area (Å²) in [6.07, 6.45) is 1.03. The minimum Gasteiger partial charge on any atom is -0.507 e. The number of hydrogen-bond acceptors (Lipinski definition) is 21. The zero-order chi connectivity index (χ0) is 61.7. The third-order valence-electron chi connectivity index (χ3n) is 14.1. The van der Waals surface area contributed by atoms with Gasteiger partial charge in [-0.3, -0.25) is 19.2 Å². The van der Waals surface area contributed by atoms with Crippen molar-refractivity contribution in [1.82, 2.24) is 0 Å². The van der Waals surface area contributed by atoms with Crippen LogP contribution in [0.3, 0.4) is 0 Å². The monoisotopic (exact) mass is 1180 g/mol. The van der Waals surface area contributed by atoms with E-state index in [0.717, 1.165) is 42.0 Å². The zero-order valence-corrected chi connectivity index (χ0v) is 46.6. The molecule has 0 radical (unpaired) electrons. The molecule has 0 aliphatic carbocycles. The number of phenols is 7. The maximum Gasteiger partial charge on any atom is 0.212 e. The zero-order valence-electron chi connectivity index (χ0n) is 46.6. The highest BCUT2D eigenvalue weighted by Crippen LogP contribution is 2.48. The van der Waals surface area contributed by atoms with Gasteiger partial charge >= 0.3 is 0 Å². The number of carbonyl (C=O) groups excluding carboxylic acids is 2. The van der Waals surface area contributed by atoms with E-state index in [4.69, 9.17) is 46.4 Å². The largest absolute Gasteiger partial charge is 0.507 e. The molecule has 0 amide bonds. The highest BCUT2D eigenvalue weighted by atomic mass is 16.5. The van der Waals surface area contributed by atoms with Crippen molar-refractivity contribution in [2.45, 2.75) is 6.92 Å². The van der Waals surface area contributed by atoms with Gasteiger partial charge in [0.25, 0.3) is 0 Å². The fourth-order valence-electron chi connectivity index (χ4n) is 9.88. The Labute approximate surface area is 490 Å². The van der Waals surface area contributed by atoms with Crippen LogP contribution in [-0.4, -0.2) is 82.9 Å². The van der Waals surface area contributed by atoms with Gasteiger partial charge in [-0.05, 0) is 67.6 Å². The van der Waals surface area contributed by atoms with Gasteiger partial charge in [0.2, 0.25) is 11.5 Å². The molecule has 438 valence electrons. The first kappa shape index (κ1) is 56.8. The fraction of sp³-hybridized carbons (Fsp3) is 0.0909. The maximum absolute atomic E-state index is 15.3. The number of fused-ring (bicyclic) bond motifs is 3. The van der Waals surface area contributed by atoms with Crippen LogP contribution in [-0.2, 0) is 0 Å². The summed E-state index contributed by atoms with van der Waals surface area (Å²) in [6.45, 7) is 1.83. The van der Waals surface area contributed by atoms with Crippen LogP contribution in [0, 0.1) is 6.92 Å². The summed E-state index contributed by atoms with van der Waals surface area (Å²) in [7, 11) is 6.58. The molecule has 7 N–H and O–H groups in total. The lowest BCUT2D eigenvalue weighted by Crippen LogP contribution is -2.08. The summed E-state index contributed by atoms with van der Waals surface area (Å²) in [4.78, 5) is 57.2. The first-order valence-electron chi connectivity index (χ1n) is 26.0. The molecule has 3 aromatic heterocycles. The molecular weight excluding hydrogens is 1130 g/mol. The third-order valence-corrected chi connectivity index (χ3v) is 14.1. The molecule has 0 bridgehead atoms. The number of benzene rings is 8. The van der Waals surface area contributed by atoms with E-state index in [1.54, 1.807) is 48.5 Å². The minimum absolute atomic E-state index is 0.0521. The minimum atomic E-state index is -0.940. The molecule has 0 saturated carbocycles. The molecule has 0 aliphatic heterocycles. The van der Waals surface area contributed by atoms with Crippen LogP contribution >= 0.6 is 0 Å². The van der Waals surface area contributed by atoms with Gasteiger partial charge in [-0.25, -0.2) is 0 Å². The van der Waals surface area contributed by atoms with E-state index in [0.29, 0.717) is 22.4 Å². The Kier molecular flexibility index (Phi) is 14.8. The topological polar surface area (TPSA) is 314 Å². The average Bonchev–Trinajstić information content (AvgIpc) is 1.75. The second-order valence-electron chi connectivity index (χ2n) is 19.5. The molecule has 11 aromatic rings. The molecule has 0 unspecified atom stereocenters. The number of ketones is 2. The highest BCUT2D eigenvalue weighted by Gasteiger charge is 2.33. The van der Waals surface area contributed by atoms with Crippen LogP contribution in [0.25, 0.3) is 72.6 Å². The van der Waals surface area contributed by atoms with Crippen LogP contribution in [0.4, 0.5) is 0 Å². The van der Waals surface area contributed by atoms with Crippen molar-refractivity contribution in [2.75, 3.05) is 35.5 Å². The van der Waals surface area contributed by atoms with Crippen molar-refractivity contribution in [1.29, 1.82) is 0 Å². The van der Waals surface area contributed by atoms with E-state index >= 15 is 4.79 Å². The average molecular weight is 1180 g/mol. The molecule has 0 saturated heterocycles. The molecule has 8 aromatic carbocycles. The first-order chi connectivity index (χ1) is 41.8. The summed E-state index contributed by atoms with van der Waals surface area (Å²) in [5, 5.41) is 77.0. The number of aryl methyl sites for hydroxylation is 1. The number of aromatic hydroxyl groups is 7. The summed E-state index contributed by atoms with van der Waals surface area (Å²) in [5.74, 6) is -6.60. The van der Waals surface area contributed by atoms with E-state index < -0.39 is 73.6 Å². The number of hydrogen-bond donors (Lipinski definition) is 7. The van der Waals surface area contributed by atoms with Crippen LogP contribution < -0.4 is 44.0 Å². The van der Waals surface area contributed by atoms with Crippen LogP contribution in [0.1, 0.15) is 37.4 Å². The predicted molar refractivity (Wildman–Crippen MR) is 316 cm³/mol. The first-order valence-corrected chi connectivity index (χ1v) is 26.0. The van der Waals surface area contributed by atoms with E-state index in [2.05, 4.69) is 0 Å². The number of rotatable bonds is 17. The van der Waals surface area contributed by atoms with Gasteiger partial charge < -0.3 is 82.2 Å². The number of methoxy groups -OCH3 is 5. The Hall–Kier alpha value is -12.0. The molecule has 0 atom stereocenters. The molecule has 3 heterocycles. The van der Waals surface area contributed by atoms with Gasteiger partial charge in [-0.15, -0.1) is 0 Å². The Bertz CT molecular complexity index is 4780. The van der Waals surface area contributed by atoms with E-state index in [1.165, 1.54) is 90.1 Å². The van der Waals surface area contributed by atoms with Crippen molar-refractivity contribution in [3.05, 3.63) is 188 Å². The van der Waals surface area contributed by atoms with Crippen LogP contribution in [0.2, 0.25) is 0 Å². The smallest absolute Gasteiger partial charge is 0.212 e. The van der Waals surface area contributed by atoms with Gasteiger partial charge in [0.05, 0.1) is 46.5 Å². The van der Waals surface area contributed by atoms with Crippen LogP contribution in [0.15, 0.2) is 162 Å². The Balaban J connectivity index is 0.967. The number of allylic oxidation sites excluding steroid dienone is 1. The number of carbonyl (C=O) groups is 2. The second-order valence-corrected chi connectivity index (χ2v) is 19.5. The van der Waals surface area contributed by atoms with Crippen molar-refractivity contribution in [2.24, 2.45) is 0 Å². The van der Waals surface area contributed by atoms with E-state index in [1.807, 2.05) is 6.92 Å². The standard InChI is InChI=1S/C66H48O21/c1-30-7-9-31(10-8-30)47(26-43(72)56-40(69)22-37(24-52(56)81-5)84-65-46(75)25-42(71)57-44(73)27-49(86-66(57)65)34-14-18-39(68)51(20-34)80-4)83-36-21-41(70)58(53(23-36)82-6)63(77)61-60-55(87-64(61)32-11-15-35(78-2)16-12-32)29-54-59(62(60)76)45(74)28-48(85-54)33-13-17-38(67)50(19-33)79-3/h7-29,67-71,75-76H,1-6H3. The molecule has 11 rings (SSSR count). The summed E-state index contributed by atoms with van der Waals surface area (Å²) < 4.78 is 58.0. The molecule has 0 fully saturated rings. The Morgan fingerprint density at radius 1 is 0.448 bits per heavy atom. The Morgan fingerprint density at radius 2 is 1.00 bits per heavy atom. The Morgan fingerprint density at radius 3 is 1.62 bits per heavy atom. The van der Waals surface area contributed by atoms with E-state index in [9.17, 15) is 50.1 Å². The lowest BCUT2D eigenvalue weighted by atomic mass is 9.94. The van der Waals surface area contributed by atoms with Gasteiger partial charge in [0, 0.05) is 76.9 Å². The van der Waals surface area contributed by atoms with Gasteiger partial charge in [-0.2, -0.15) is 0 Å². The van der Waals surface area contributed by atoms with Crippen LogP contribution in [0.5, 0.6) is 86.2 Å². The fourth-order valence-corrected chi connectivity index (χ4v) is 9.88. The van der Waals surface area contributed by atoms with E-state index in [-0.39, 0.29) is 107 Å². The molecule has 0 aliphatic rings. The van der Waals surface area contributed by atoms with Crippen molar-refractivity contribution < 1.29 is 91.7 Å². The lowest BCUT2D eigenvalue weighted by molar-refractivity contribution is 0.102. The number of ether oxygens (including phenoxy) is 7. The second kappa shape index (κ2) is 22.6. The van der Waals surface area contributed by atoms with Crippen molar-refractivity contribution >= 4 is 50.2 Å². The lowest BCUT2D eigenvalue weighted by Gasteiger charge is -2.16. The highest BCUT2D eigenvalue weighted by molar-refractivity contribution is 6.24. The quantitative estimate of drug-likeness (QED) is 0.0253. The molecular formula is C66H48O21. The van der Waals surface area contributed by atoms with Gasteiger partial charge in [-0.1, -0.05) is 29.8 Å². The molecule has 0 spiro atoms. The summed E-state index contributed by atoms with van der Waals surface area (Å²) in [5.41, 5.74) is -1.10. The van der Waals surface area contributed by atoms with Gasteiger partial charge in [0.15, 0.2) is 51.0 Å². The van der Waals surface area contributed by atoms with Crippen molar-refractivity contribution in [3.8, 4) is 120 Å². The summed E-state index contributed by atoms with van der Waals surface area (Å²) >= 11 is 0. The maximum atomic E-state index is 15.3. The van der Waals surface area contributed by atoms with Gasteiger partial charge in [0.1, 0.15) is 108 Å². The normalized spacial score (nSPS) is 11.4. The number of phenolic OH excluding ortho intramolecular Hbond substituents is 7. The number of furan rings is 1. The third kappa shape index (κ3) is 10.4. The SMILES string of the molecule is COc1ccc(-c2oc3cc4oc(-c5ccc(O)c(OC)c5)cc(=O)c4c(O)c3c2C(=O)c2c(O)cc(OC(=CC(=O)c3c(O)cc(Oc4c(O)cc(O)c5c(=O)cc(-c6ccc(O)c(OC)c6)oc45)cc3OC)c3ccc(C)cc3)cc2OC)cc1.